The van der Waals surface area contributed by atoms with Crippen LogP contribution in [0.3, 0.4) is 0 Å². The number of aliphatic hydroxyl groups is 1. The Kier molecular flexibility index (Phi) is 19.3. The monoisotopic (exact) mass is 286 g/mol. The van der Waals surface area contributed by atoms with Crippen molar-refractivity contribution in [3.05, 3.63) is 0 Å². The number of hydrogen-bond acceptors (Lipinski definition) is 4. The van der Waals surface area contributed by atoms with E-state index in [1.54, 1.807) is 13.8 Å². The Morgan fingerprint density at radius 1 is 0.889 bits per heavy atom. The lowest BCUT2D eigenvalue weighted by Gasteiger charge is -2.27. The minimum atomic E-state index is -2.30. The number of halogens is 1. The van der Waals surface area contributed by atoms with E-state index in [-0.39, 0.29) is 10.8 Å². The molecule has 0 unspecified atom stereocenters. The summed E-state index contributed by atoms with van der Waals surface area (Å²) in [5.41, 5.74) is 0. The molecule has 0 aromatic heterocycles. The zero-order valence-electron chi connectivity index (χ0n) is 12.7. The van der Waals surface area contributed by atoms with E-state index in [2.05, 4.69) is 6.92 Å². The van der Waals surface area contributed by atoms with Crippen molar-refractivity contribution in [3.8, 4) is 0 Å². The van der Waals surface area contributed by atoms with Gasteiger partial charge in [0.15, 0.2) is 0 Å². The van der Waals surface area contributed by atoms with Gasteiger partial charge in [-0.25, -0.2) is 0 Å². The van der Waals surface area contributed by atoms with E-state index in [9.17, 15) is 0 Å². The van der Waals surface area contributed by atoms with Gasteiger partial charge in [-0.05, 0) is 34.6 Å². The molecule has 0 rings (SSSR count). The molecule has 0 bridgehead atoms. The average Bonchev–Trinajstić information content (AvgIpc) is 2.18. The summed E-state index contributed by atoms with van der Waals surface area (Å²) >= 11 is 0. The van der Waals surface area contributed by atoms with E-state index >= 15 is 0 Å². The van der Waals surface area contributed by atoms with Crippen LogP contribution in [0.1, 0.15) is 48.0 Å². The fraction of sp³-hybridized carbons (Fsp3) is 1.00. The van der Waals surface area contributed by atoms with Crippen LogP contribution in [0.2, 0.25) is 6.04 Å². The van der Waals surface area contributed by atoms with Gasteiger partial charge in [-0.1, -0.05) is 13.3 Å². The molecule has 18 heavy (non-hydrogen) atoms. The molecule has 0 aliphatic heterocycles. The second-order valence-corrected chi connectivity index (χ2v) is 6.56. The van der Waals surface area contributed by atoms with Gasteiger partial charge in [-0.3, -0.25) is 4.70 Å². The zero-order valence-corrected chi connectivity index (χ0v) is 13.7. The summed E-state index contributed by atoms with van der Waals surface area (Å²) in [5.74, 6) is 0. The Balaban J connectivity index is -0.000000392. The lowest BCUT2D eigenvalue weighted by molar-refractivity contribution is 0.0712. The van der Waals surface area contributed by atoms with Crippen molar-refractivity contribution < 1.29 is 23.1 Å². The van der Waals surface area contributed by atoms with Crippen molar-refractivity contribution in [2.75, 3.05) is 19.8 Å². The van der Waals surface area contributed by atoms with Gasteiger partial charge < -0.3 is 18.4 Å². The molecule has 0 aliphatic rings. The largest absolute Gasteiger partial charge is 0.500 e. The third-order valence-electron chi connectivity index (χ3n) is 1.65. The van der Waals surface area contributed by atoms with Crippen LogP contribution in [0.5, 0.6) is 0 Å². The van der Waals surface area contributed by atoms with E-state index in [0.29, 0.717) is 19.8 Å². The van der Waals surface area contributed by atoms with Gasteiger partial charge in [0.05, 0.1) is 0 Å². The van der Waals surface area contributed by atoms with Gasteiger partial charge in [0.2, 0.25) is 0 Å². The molecule has 0 aromatic carbocycles. The topological polar surface area (TPSA) is 47.9 Å². The Labute approximate surface area is 112 Å². The first-order chi connectivity index (χ1) is 7.97. The van der Waals surface area contributed by atoms with Crippen LogP contribution in [0.15, 0.2) is 0 Å². The standard InChI is InChI=1S/C9H22O3Si.C3H8O.FH/c1-5-9-13(10-6-2,11-7-3)12-8-4;1-3(2)4;/h5-9H2,1-4H3;3-4H,1-2H3;1H. The summed E-state index contributed by atoms with van der Waals surface area (Å²) in [6, 6.07) is 0.919. The molecular formula is C12H31FO4Si. The van der Waals surface area contributed by atoms with Crippen LogP contribution >= 0.6 is 0 Å². The minimum absolute atomic E-state index is 0. The molecule has 0 radical (unpaired) electrons. The van der Waals surface area contributed by atoms with Crippen molar-refractivity contribution in [3.63, 3.8) is 0 Å². The predicted molar refractivity (Wildman–Crippen MR) is 75.6 cm³/mol. The summed E-state index contributed by atoms with van der Waals surface area (Å²) in [5, 5.41) is 8.06. The molecule has 0 atom stereocenters. The third kappa shape index (κ3) is 14.0. The van der Waals surface area contributed by atoms with Gasteiger partial charge in [0, 0.05) is 32.0 Å². The van der Waals surface area contributed by atoms with Gasteiger partial charge in [0.25, 0.3) is 0 Å². The Morgan fingerprint density at radius 2 is 1.17 bits per heavy atom. The number of aliphatic hydroxyl groups excluding tert-OH is 1. The van der Waals surface area contributed by atoms with Crippen molar-refractivity contribution in [2.24, 2.45) is 0 Å². The molecule has 0 aromatic rings. The van der Waals surface area contributed by atoms with Crippen LogP contribution in [-0.2, 0) is 13.3 Å². The fourth-order valence-corrected chi connectivity index (χ4v) is 3.92. The maximum Gasteiger partial charge on any atom is 0.500 e. The van der Waals surface area contributed by atoms with Crippen molar-refractivity contribution in [1.29, 1.82) is 0 Å². The first-order valence-electron chi connectivity index (χ1n) is 6.57. The van der Waals surface area contributed by atoms with Gasteiger partial charge in [0.1, 0.15) is 0 Å². The molecule has 0 saturated carbocycles. The lowest BCUT2D eigenvalue weighted by Crippen LogP contribution is -2.45. The number of hydrogen-bond donors (Lipinski definition) is 1. The normalized spacial score (nSPS) is 10.7. The summed E-state index contributed by atoms with van der Waals surface area (Å²) in [6.07, 6.45) is 0.881. The molecule has 1 N–H and O–H groups in total. The summed E-state index contributed by atoms with van der Waals surface area (Å²) in [6.45, 7) is 13.5. The molecule has 6 heteroatoms. The van der Waals surface area contributed by atoms with Crippen LogP contribution in [0.25, 0.3) is 0 Å². The first-order valence-corrected chi connectivity index (χ1v) is 8.51. The summed E-state index contributed by atoms with van der Waals surface area (Å²) in [7, 11) is -2.30. The zero-order chi connectivity index (χ0) is 13.7. The quantitative estimate of drug-likeness (QED) is 0.697. The van der Waals surface area contributed by atoms with Crippen molar-refractivity contribution in [2.45, 2.75) is 60.1 Å². The minimum Gasteiger partial charge on any atom is -0.394 e. The van der Waals surface area contributed by atoms with Crippen molar-refractivity contribution in [1.82, 2.24) is 0 Å². The average molecular weight is 286 g/mol. The summed E-state index contributed by atoms with van der Waals surface area (Å²) < 4.78 is 16.9. The Bertz CT molecular complexity index is 127. The second kappa shape index (κ2) is 15.0. The highest BCUT2D eigenvalue weighted by molar-refractivity contribution is 6.60. The van der Waals surface area contributed by atoms with E-state index in [1.807, 2.05) is 20.8 Å². The molecule has 0 spiro atoms. The van der Waals surface area contributed by atoms with Crippen LogP contribution < -0.4 is 0 Å². The molecule has 0 heterocycles. The van der Waals surface area contributed by atoms with E-state index in [1.165, 1.54) is 0 Å². The van der Waals surface area contributed by atoms with Gasteiger partial charge in [-0.15, -0.1) is 0 Å². The molecule has 0 fully saturated rings. The number of rotatable bonds is 8. The smallest absolute Gasteiger partial charge is 0.394 e. The molecule has 0 amide bonds. The third-order valence-corrected chi connectivity index (χ3v) is 4.95. The Hall–Kier alpha value is -0.0131. The maximum absolute atomic E-state index is 8.06. The van der Waals surface area contributed by atoms with Crippen LogP contribution in [0.4, 0.5) is 4.70 Å². The van der Waals surface area contributed by atoms with Crippen molar-refractivity contribution >= 4 is 8.80 Å². The highest BCUT2D eigenvalue weighted by Crippen LogP contribution is 2.17. The lowest BCUT2D eigenvalue weighted by atomic mass is 10.5. The molecular weight excluding hydrogens is 255 g/mol. The van der Waals surface area contributed by atoms with Crippen LogP contribution in [-0.4, -0.2) is 39.8 Å². The molecule has 0 saturated heterocycles. The first kappa shape index (κ1) is 23.1. The summed E-state index contributed by atoms with van der Waals surface area (Å²) in [4.78, 5) is 0. The highest BCUT2D eigenvalue weighted by atomic mass is 28.4. The van der Waals surface area contributed by atoms with Gasteiger partial charge in [-0.2, -0.15) is 0 Å². The molecule has 0 aliphatic carbocycles. The van der Waals surface area contributed by atoms with E-state index in [4.69, 9.17) is 18.4 Å². The maximum atomic E-state index is 8.06. The molecule has 4 nitrogen and oxygen atoms in total. The van der Waals surface area contributed by atoms with E-state index < -0.39 is 8.80 Å². The van der Waals surface area contributed by atoms with E-state index in [0.717, 1.165) is 12.5 Å². The Morgan fingerprint density at radius 3 is 1.33 bits per heavy atom. The fourth-order valence-electron chi connectivity index (χ4n) is 1.31. The van der Waals surface area contributed by atoms with Gasteiger partial charge >= 0.3 is 8.80 Å². The molecule has 114 valence electrons. The predicted octanol–water partition coefficient (Wildman–Crippen LogP) is 2.98. The second-order valence-electron chi connectivity index (χ2n) is 3.83. The highest BCUT2D eigenvalue weighted by Gasteiger charge is 2.38. The van der Waals surface area contributed by atoms with Crippen LogP contribution in [0, 0.1) is 0 Å². The SMILES string of the molecule is CC(C)O.CCC[Si](OCC)(OCC)OCC.F.